The van der Waals surface area contributed by atoms with Crippen LogP contribution in [0, 0.1) is 12.7 Å². The first-order chi connectivity index (χ1) is 14.8. The van der Waals surface area contributed by atoms with Crippen molar-refractivity contribution in [1.29, 1.82) is 0 Å². The van der Waals surface area contributed by atoms with Crippen molar-refractivity contribution in [2.75, 3.05) is 11.9 Å². The Morgan fingerprint density at radius 3 is 2.58 bits per heavy atom. The molecule has 3 rings (SSSR count). The summed E-state index contributed by atoms with van der Waals surface area (Å²) in [4.78, 5) is 36.7. The lowest BCUT2D eigenvalue weighted by atomic mass is 10.1. The molecule has 2 aromatic heterocycles. The summed E-state index contributed by atoms with van der Waals surface area (Å²) >= 11 is 0.890. The number of primary amides is 1. The quantitative estimate of drug-likeness (QED) is 0.513. The molecule has 0 saturated carbocycles. The molecule has 11 heteroatoms. The molecule has 0 aliphatic rings. The molecule has 0 fully saturated rings. The Labute approximate surface area is 180 Å². The zero-order valence-corrected chi connectivity index (χ0v) is 17.5. The average molecular weight is 446 g/mol. The van der Waals surface area contributed by atoms with Crippen LogP contribution >= 0.6 is 11.3 Å². The molecule has 31 heavy (non-hydrogen) atoms. The molecule has 0 atom stereocenters. The molecule has 2 amide bonds. The van der Waals surface area contributed by atoms with Crippen molar-refractivity contribution in [3.8, 4) is 5.75 Å². The number of thiophene rings is 1. The summed E-state index contributed by atoms with van der Waals surface area (Å²) in [7, 11) is 0. The molecular formula is C20H19FN4O5S. The monoisotopic (exact) mass is 446 g/mol. The van der Waals surface area contributed by atoms with Crippen LogP contribution in [-0.4, -0.2) is 34.2 Å². The first-order valence-electron chi connectivity index (χ1n) is 9.13. The van der Waals surface area contributed by atoms with Crippen molar-refractivity contribution in [3.05, 3.63) is 64.0 Å². The minimum atomic E-state index is -0.712. The van der Waals surface area contributed by atoms with Gasteiger partial charge in [-0.3, -0.25) is 9.59 Å². The van der Waals surface area contributed by atoms with Crippen LogP contribution in [0.15, 0.2) is 36.5 Å². The van der Waals surface area contributed by atoms with E-state index in [4.69, 9.17) is 15.2 Å². The highest BCUT2D eigenvalue weighted by molar-refractivity contribution is 7.18. The highest BCUT2D eigenvalue weighted by Crippen LogP contribution is 2.33. The van der Waals surface area contributed by atoms with Crippen LogP contribution in [0.2, 0.25) is 0 Å². The number of benzene rings is 1. The molecule has 0 unspecified atom stereocenters. The molecule has 3 N–H and O–H groups in total. The lowest BCUT2D eigenvalue weighted by Gasteiger charge is -2.07. The number of nitrogens with zero attached hydrogens (tertiary/aromatic N) is 2. The number of hydrogen-bond acceptors (Lipinski definition) is 7. The summed E-state index contributed by atoms with van der Waals surface area (Å²) in [5.41, 5.74) is 5.84. The first kappa shape index (κ1) is 22.0. The third kappa shape index (κ3) is 5.07. The third-order valence-electron chi connectivity index (χ3n) is 4.13. The van der Waals surface area contributed by atoms with Crippen molar-refractivity contribution in [1.82, 2.24) is 9.78 Å². The molecule has 0 aliphatic carbocycles. The molecule has 0 saturated heterocycles. The maximum absolute atomic E-state index is 12.9. The zero-order chi connectivity index (χ0) is 22.5. The molecule has 9 nitrogen and oxygen atoms in total. The molecule has 3 aromatic rings. The number of anilines is 1. The van der Waals surface area contributed by atoms with Crippen LogP contribution in [0.3, 0.4) is 0 Å². The summed E-state index contributed by atoms with van der Waals surface area (Å²) in [6.07, 6.45) is 1.53. The molecular weight excluding hydrogens is 427 g/mol. The number of carbonyl (C=O) groups excluding carboxylic acids is 3. The second kappa shape index (κ2) is 9.39. The van der Waals surface area contributed by atoms with Gasteiger partial charge in [-0.05, 0) is 49.7 Å². The molecule has 2 heterocycles. The lowest BCUT2D eigenvalue weighted by molar-refractivity contribution is 0.0527. The van der Waals surface area contributed by atoms with Gasteiger partial charge >= 0.3 is 5.97 Å². The van der Waals surface area contributed by atoms with E-state index >= 15 is 0 Å². The SMILES string of the molecule is CCOC(=O)c1c(NC(=O)c2ccn(COc3ccc(F)cc3)n2)sc(C(N)=O)c1C. The predicted molar refractivity (Wildman–Crippen MR) is 111 cm³/mol. The zero-order valence-electron chi connectivity index (χ0n) is 16.7. The van der Waals surface area contributed by atoms with Crippen LogP contribution < -0.4 is 15.8 Å². The molecule has 1 aromatic carbocycles. The van der Waals surface area contributed by atoms with E-state index in [-0.39, 0.29) is 40.3 Å². The van der Waals surface area contributed by atoms with Crippen LogP contribution in [0.5, 0.6) is 5.75 Å². The van der Waals surface area contributed by atoms with Crippen LogP contribution in [0.4, 0.5) is 9.39 Å². The fourth-order valence-electron chi connectivity index (χ4n) is 2.68. The maximum atomic E-state index is 12.9. The van der Waals surface area contributed by atoms with Gasteiger partial charge in [0.15, 0.2) is 12.4 Å². The van der Waals surface area contributed by atoms with Crippen LogP contribution in [0.1, 0.15) is 43.0 Å². The lowest BCUT2D eigenvalue weighted by Crippen LogP contribution is -2.16. The van der Waals surface area contributed by atoms with Gasteiger partial charge in [-0.25, -0.2) is 13.9 Å². The number of hydrogen-bond donors (Lipinski definition) is 2. The smallest absolute Gasteiger partial charge is 0.341 e. The second-order valence-corrected chi connectivity index (χ2v) is 7.29. The minimum Gasteiger partial charge on any atom is -0.471 e. The summed E-state index contributed by atoms with van der Waals surface area (Å²) in [6, 6.07) is 6.93. The van der Waals surface area contributed by atoms with Gasteiger partial charge in [0.05, 0.1) is 17.0 Å². The summed E-state index contributed by atoms with van der Waals surface area (Å²) in [6.45, 7) is 3.33. The van der Waals surface area contributed by atoms with E-state index in [1.165, 1.54) is 41.2 Å². The van der Waals surface area contributed by atoms with Gasteiger partial charge in [-0.2, -0.15) is 5.10 Å². The molecule has 162 valence electrons. The van der Waals surface area contributed by atoms with E-state index in [2.05, 4.69) is 10.4 Å². The number of amides is 2. The Kier molecular flexibility index (Phi) is 6.65. The number of ether oxygens (including phenoxy) is 2. The fourth-order valence-corrected chi connectivity index (χ4v) is 3.72. The number of nitrogens with two attached hydrogens (primary N) is 1. The van der Waals surface area contributed by atoms with Crippen molar-refractivity contribution >= 4 is 34.1 Å². The maximum Gasteiger partial charge on any atom is 0.341 e. The van der Waals surface area contributed by atoms with E-state index < -0.39 is 17.8 Å². The summed E-state index contributed by atoms with van der Waals surface area (Å²) in [5, 5.41) is 6.85. The van der Waals surface area contributed by atoms with Gasteiger partial charge in [0.1, 0.15) is 16.6 Å². The number of aromatic nitrogens is 2. The topological polar surface area (TPSA) is 126 Å². The van der Waals surface area contributed by atoms with E-state index in [0.29, 0.717) is 11.3 Å². The van der Waals surface area contributed by atoms with Crippen molar-refractivity contribution in [2.45, 2.75) is 20.6 Å². The molecule has 0 aliphatic heterocycles. The van der Waals surface area contributed by atoms with E-state index in [1.807, 2.05) is 0 Å². The van der Waals surface area contributed by atoms with Crippen molar-refractivity contribution in [2.24, 2.45) is 5.73 Å². The van der Waals surface area contributed by atoms with Gasteiger partial charge in [0.25, 0.3) is 11.8 Å². The summed E-state index contributed by atoms with van der Waals surface area (Å²) < 4.78 is 24.8. The largest absolute Gasteiger partial charge is 0.471 e. The number of nitrogens with one attached hydrogen (secondary N) is 1. The van der Waals surface area contributed by atoms with Crippen LogP contribution in [-0.2, 0) is 11.5 Å². The standard InChI is InChI=1S/C20H19FN4O5S/c1-3-29-20(28)15-11(2)16(17(22)26)31-19(15)23-18(27)14-8-9-25(24-14)10-30-13-6-4-12(21)5-7-13/h4-9H,3,10H2,1-2H3,(H2,22,26)(H,23,27). The highest BCUT2D eigenvalue weighted by Gasteiger charge is 2.26. The fraction of sp³-hybridized carbons (Fsp3) is 0.200. The third-order valence-corrected chi connectivity index (χ3v) is 5.35. The van der Waals surface area contributed by atoms with Gasteiger partial charge in [-0.1, -0.05) is 0 Å². The Morgan fingerprint density at radius 2 is 1.94 bits per heavy atom. The minimum absolute atomic E-state index is 0.00305. The first-order valence-corrected chi connectivity index (χ1v) is 9.95. The van der Waals surface area contributed by atoms with Crippen LogP contribution in [0.25, 0.3) is 0 Å². The van der Waals surface area contributed by atoms with Gasteiger partial charge in [0.2, 0.25) is 0 Å². The summed E-state index contributed by atoms with van der Waals surface area (Å²) in [5.74, 6) is -1.91. The van der Waals surface area contributed by atoms with E-state index in [9.17, 15) is 18.8 Å². The molecule has 0 bridgehead atoms. The van der Waals surface area contributed by atoms with E-state index in [0.717, 1.165) is 11.3 Å². The molecule has 0 radical (unpaired) electrons. The Balaban J connectivity index is 1.74. The molecule has 0 spiro atoms. The second-order valence-electron chi connectivity index (χ2n) is 6.27. The number of halogens is 1. The van der Waals surface area contributed by atoms with Gasteiger partial charge < -0.3 is 20.5 Å². The average Bonchev–Trinajstić information content (AvgIpc) is 3.32. The predicted octanol–water partition coefficient (Wildman–Crippen LogP) is 2.96. The Hall–Kier alpha value is -3.73. The van der Waals surface area contributed by atoms with E-state index in [1.54, 1.807) is 13.8 Å². The number of esters is 1. The Morgan fingerprint density at radius 1 is 1.23 bits per heavy atom. The number of carbonyl (C=O) groups is 3. The normalized spacial score (nSPS) is 10.5. The van der Waals surface area contributed by atoms with Gasteiger partial charge in [-0.15, -0.1) is 11.3 Å². The van der Waals surface area contributed by atoms with Crippen molar-refractivity contribution in [3.63, 3.8) is 0 Å². The Bertz CT molecular complexity index is 1120. The van der Waals surface area contributed by atoms with Crippen molar-refractivity contribution < 1.29 is 28.2 Å². The number of rotatable bonds is 8. The highest BCUT2D eigenvalue weighted by atomic mass is 32.1. The van der Waals surface area contributed by atoms with Gasteiger partial charge in [0, 0.05) is 6.20 Å².